The first kappa shape index (κ1) is 19.1. The van der Waals surface area contributed by atoms with Crippen LogP contribution < -0.4 is 5.32 Å². The molecule has 29 heavy (non-hydrogen) atoms. The van der Waals surface area contributed by atoms with E-state index in [0.29, 0.717) is 18.4 Å². The van der Waals surface area contributed by atoms with Crippen LogP contribution in [0.5, 0.6) is 0 Å². The SMILES string of the molecule is CC1CN2C(=O)C(OC(=O)Nc3cc([N+](=O)[O-])cc([N+](=O)[O-])c3)C3CCC1C32C. The third-order valence-corrected chi connectivity index (χ3v) is 6.71. The number of carbonyl (C=O) groups is 2. The minimum absolute atomic E-state index is 0.116. The molecular weight excluding hydrogens is 384 g/mol. The molecule has 0 aromatic heterocycles. The molecule has 1 aromatic carbocycles. The summed E-state index contributed by atoms with van der Waals surface area (Å²) in [5.41, 5.74) is -1.54. The molecule has 11 nitrogen and oxygen atoms in total. The lowest BCUT2D eigenvalue weighted by atomic mass is 9.80. The minimum atomic E-state index is -0.973. The molecular formula is C18H20N4O7. The maximum Gasteiger partial charge on any atom is 0.412 e. The van der Waals surface area contributed by atoms with E-state index in [1.165, 1.54) is 0 Å². The van der Waals surface area contributed by atoms with Gasteiger partial charge < -0.3 is 9.64 Å². The van der Waals surface area contributed by atoms with Crippen molar-refractivity contribution in [1.29, 1.82) is 0 Å². The molecule has 3 aliphatic rings. The van der Waals surface area contributed by atoms with Crippen LogP contribution in [0.3, 0.4) is 0 Å². The predicted molar refractivity (Wildman–Crippen MR) is 99.1 cm³/mol. The van der Waals surface area contributed by atoms with Gasteiger partial charge in [-0.15, -0.1) is 0 Å². The topological polar surface area (TPSA) is 145 Å². The number of nitro benzene ring substituents is 2. The van der Waals surface area contributed by atoms with Gasteiger partial charge in [0.25, 0.3) is 17.3 Å². The Labute approximate surface area is 165 Å². The Balaban J connectivity index is 1.52. The highest BCUT2D eigenvalue weighted by Gasteiger charge is 2.67. The van der Waals surface area contributed by atoms with Gasteiger partial charge in [0.1, 0.15) is 0 Å². The average Bonchev–Trinajstić information content (AvgIpc) is 3.19. The summed E-state index contributed by atoms with van der Waals surface area (Å²) in [6.45, 7) is 4.80. The van der Waals surface area contributed by atoms with Crippen LogP contribution in [0.4, 0.5) is 21.9 Å². The van der Waals surface area contributed by atoms with Crippen molar-refractivity contribution in [2.75, 3.05) is 11.9 Å². The molecule has 2 saturated heterocycles. The van der Waals surface area contributed by atoms with Crippen molar-refractivity contribution in [3.63, 3.8) is 0 Å². The molecule has 1 N–H and O–H groups in total. The first-order valence-corrected chi connectivity index (χ1v) is 9.36. The Bertz CT molecular complexity index is 903. The van der Waals surface area contributed by atoms with Crippen LogP contribution in [0.15, 0.2) is 18.2 Å². The maximum absolute atomic E-state index is 12.8. The summed E-state index contributed by atoms with van der Waals surface area (Å²) in [5.74, 6) is 0.420. The fourth-order valence-corrected chi connectivity index (χ4v) is 5.48. The molecule has 5 atom stereocenters. The van der Waals surface area contributed by atoms with E-state index in [2.05, 4.69) is 12.2 Å². The van der Waals surface area contributed by atoms with Crippen molar-refractivity contribution in [2.45, 2.75) is 38.3 Å². The molecule has 2 aliphatic heterocycles. The number of nitrogens with zero attached hydrogens (tertiary/aromatic N) is 3. The summed E-state index contributed by atoms with van der Waals surface area (Å²) in [5, 5.41) is 24.3. The van der Waals surface area contributed by atoms with E-state index in [-0.39, 0.29) is 23.1 Å². The zero-order chi connectivity index (χ0) is 21.1. The van der Waals surface area contributed by atoms with Gasteiger partial charge in [0.2, 0.25) is 0 Å². The Morgan fingerprint density at radius 1 is 1.17 bits per heavy atom. The second-order valence-electron chi connectivity index (χ2n) is 8.15. The van der Waals surface area contributed by atoms with Crippen molar-refractivity contribution in [3.8, 4) is 0 Å². The summed E-state index contributed by atoms with van der Waals surface area (Å²) in [6.07, 6.45) is -0.163. The molecule has 1 saturated carbocycles. The first-order chi connectivity index (χ1) is 13.6. The van der Waals surface area contributed by atoms with Crippen molar-refractivity contribution in [3.05, 3.63) is 38.4 Å². The number of non-ortho nitro benzene ring substituents is 2. The second-order valence-corrected chi connectivity index (χ2v) is 8.15. The van der Waals surface area contributed by atoms with Crippen LogP contribution >= 0.6 is 0 Å². The van der Waals surface area contributed by atoms with Crippen LogP contribution in [-0.4, -0.2) is 44.9 Å². The lowest BCUT2D eigenvalue weighted by molar-refractivity contribution is -0.394. The number of ether oxygens (including phenoxy) is 1. The van der Waals surface area contributed by atoms with Gasteiger partial charge in [0, 0.05) is 24.6 Å². The largest absolute Gasteiger partial charge is 0.435 e. The number of rotatable bonds is 4. The standard InChI is InChI=1S/C18H20N4O7/c1-9-8-20-16(23)15(14-4-3-13(9)18(14,20)2)29-17(24)19-10-5-11(21(25)26)7-12(6-10)22(27)28/h5-7,9,13-15H,3-4,8H2,1-2H3,(H,19,24). The normalized spacial score (nSPS) is 32.2. The Hall–Kier alpha value is -3.24. The van der Waals surface area contributed by atoms with E-state index < -0.39 is 33.4 Å². The van der Waals surface area contributed by atoms with E-state index in [0.717, 1.165) is 31.0 Å². The van der Waals surface area contributed by atoms with Gasteiger partial charge in [-0.1, -0.05) is 6.92 Å². The minimum Gasteiger partial charge on any atom is -0.435 e. The first-order valence-electron chi connectivity index (χ1n) is 9.36. The molecule has 3 fully saturated rings. The summed E-state index contributed by atoms with van der Waals surface area (Å²) in [7, 11) is 0. The zero-order valence-corrected chi connectivity index (χ0v) is 15.9. The lowest BCUT2D eigenvalue weighted by Gasteiger charge is -2.31. The average molecular weight is 404 g/mol. The Morgan fingerprint density at radius 3 is 2.34 bits per heavy atom. The Kier molecular flexibility index (Phi) is 4.21. The second kappa shape index (κ2) is 6.39. The quantitative estimate of drug-likeness (QED) is 0.600. The molecule has 0 spiro atoms. The smallest absolute Gasteiger partial charge is 0.412 e. The number of nitro groups is 2. The van der Waals surface area contributed by atoms with Crippen molar-refractivity contribution in [1.82, 2.24) is 4.90 Å². The zero-order valence-electron chi connectivity index (χ0n) is 15.9. The number of anilines is 1. The van der Waals surface area contributed by atoms with Gasteiger partial charge in [0.05, 0.1) is 27.1 Å². The van der Waals surface area contributed by atoms with Crippen LogP contribution in [0.25, 0.3) is 0 Å². The van der Waals surface area contributed by atoms with Crippen LogP contribution in [0.1, 0.15) is 26.7 Å². The number of hydrogen-bond acceptors (Lipinski definition) is 7. The number of hydrogen-bond donors (Lipinski definition) is 1. The highest BCUT2D eigenvalue weighted by molar-refractivity contribution is 5.91. The van der Waals surface area contributed by atoms with E-state index >= 15 is 0 Å². The molecule has 1 aromatic rings. The molecule has 4 rings (SSSR count). The fourth-order valence-electron chi connectivity index (χ4n) is 5.48. The number of nitrogens with one attached hydrogen (secondary N) is 1. The third-order valence-electron chi connectivity index (χ3n) is 6.71. The number of carbonyl (C=O) groups excluding carboxylic acids is 2. The van der Waals surface area contributed by atoms with Crippen molar-refractivity contribution in [2.24, 2.45) is 17.8 Å². The molecule has 11 heteroatoms. The molecule has 2 heterocycles. The van der Waals surface area contributed by atoms with Crippen LogP contribution in [0, 0.1) is 38.0 Å². The third kappa shape index (κ3) is 2.79. The predicted octanol–water partition coefficient (Wildman–Crippen LogP) is 2.70. The summed E-state index contributed by atoms with van der Waals surface area (Å²) < 4.78 is 5.41. The van der Waals surface area contributed by atoms with Gasteiger partial charge >= 0.3 is 6.09 Å². The summed E-state index contributed by atoms with van der Waals surface area (Å²) in [4.78, 5) is 47.4. The van der Waals surface area contributed by atoms with Gasteiger partial charge in [-0.25, -0.2) is 4.79 Å². The molecule has 154 valence electrons. The van der Waals surface area contributed by atoms with E-state index in [1.807, 2.05) is 11.8 Å². The van der Waals surface area contributed by atoms with Crippen LogP contribution in [-0.2, 0) is 9.53 Å². The highest BCUT2D eigenvalue weighted by Crippen LogP contribution is 2.58. The monoisotopic (exact) mass is 404 g/mol. The lowest BCUT2D eigenvalue weighted by Crippen LogP contribution is -2.42. The Morgan fingerprint density at radius 2 is 1.76 bits per heavy atom. The van der Waals surface area contributed by atoms with Gasteiger partial charge in [-0.3, -0.25) is 30.3 Å². The molecule has 0 radical (unpaired) electrons. The number of amides is 2. The van der Waals surface area contributed by atoms with E-state index in [4.69, 9.17) is 4.74 Å². The molecule has 2 amide bonds. The number of benzene rings is 1. The fraction of sp³-hybridized carbons (Fsp3) is 0.556. The molecule has 5 unspecified atom stereocenters. The summed E-state index contributed by atoms with van der Waals surface area (Å²) >= 11 is 0. The van der Waals surface area contributed by atoms with Crippen LogP contribution in [0.2, 0.25) is 0 Å². The van der Waals surface area contributed by atoms with Crippen molar-refractivity contribution >= 4 is 29.1 Å². The van der Waals surface area contributed by atoms with Gasteiger partial charge in [0.15, 0.2) is 6.10 Å². The van der Waals surface area contributed by atoms with Gasteiger partial charge in [-0.2, -0.15) is 0 Å². The van der Waals surface area contributed by atoms with Crippen molar-refractivity contribution < 1.29 is 24.2 Å². The van der Waals surface area contributed by atoms with Gasteiger partial charge in [-0.05, 0) is 31.6 Å². The van der Waals surface area contributed by atoms with E-state index in [1.54, 1.807) is 0 Å². The molecule has 0 bridgehead atoms. The highest BCUT2D eigenvalue weighted by atomic mass is 16.6. The van der Waals surface area contributed by atoms with E-state index in [9.17, 15) is 29.8 Å². The molecule has 1 aliphatic carbocycles. The maximum atomic E-state index is 12.8. The summed E-state index contributed by atoms with van der Waals surface area (Å²) in [6, 6.07) is 2.79.